The van der Waals surface area contributed by atoms with E-state index in [1.54, 1.807) is 0 Å². The molecule has 0 saturated carbocycles. The Morgan fingerprint density at radius 1 is 1.55 bits per heavy atom. The van der Waals surface area contributed by atoms with Crippen LogP contribution in [0.2, 0.25) is 0 Å². The second-order valence-corrected chi connectivity index (χ2v) is 3.80. The van der Waals surface area contributed by atoms with Gasteiger partial charge in [0.25, 0.3) is 0 Å². The van der Waals surface area contributed by atoms with Gasteiger partial charge in [0, 0.05) is 6.16 Å². The Labute approximate surface area is 61.7 Å². The summed E-state index contributed by atoms with van der Waals surface area (Å²) in [4.78, 5) is 8.46. The number of hydrogen-bond donors (Lipinski definition) is 1. The molecule has 0 saturated heterocycles. The van der Waals surface area contributed by atoms with Gasteiger partial charge in [-0.2, -0.15) is 0 Å². The van der Waals surface area contributed by atoms with Crippen LogP contribution in [0.3, 0.4) is 0 Å². The van der Waals surface area contributed by atoms with Gasteiger partial charge in [0.15, 0.2) is 0 Å². The van der Waals surface area contributed by atoms with Crippen molar-refractivity contribution >= 4 is 7.60 Å². The highest BCUT2D eigenvalue weighted by molar-refractivity contribution is 7.52. The van der Waals surface area contributed by atoms with Gasteiger partial charge in [-0.1, -0.05) is 6.92 Å². The maximum atomic E-state index is 11.3. The van der Waals surface area contributed by atoms with E-state index in [1.165, 1.54) is 6.92 Å². The van der Waals surface area contributed by atoms with Gasteiger partial charge >= 0.3 is 14.0 Å². The Morgan fingerprint density at radius 3 is 2.27 bits per heavy atom. The van der Waals surface area contributed by atoms with Gasteiger partial charge in [-0.3, -0.25) is 4.57 Å². The number of hydrogen-bond acceptors (Lipinski definition) is 2. The predicted octanol–water partition coefficient (Wildman–Crippen LogP) is 2.12. The molecule has 0 aliphatic carbocycles. The maximum Gasteiger partial charge on any atom is 0.529 e. The van der Waals surface area contributed by atoms with E-state index in [2.05, 4.69) is 4.52 Å². The fourth-order valence-electron chi connectivity index (χ4n) is 0.490. The van der Waals surface area contributed by atoms with Crippen LogP contribution in [-0.4, -0.2) is 17.4 Å². The summed E-state index contributed by atoms with van der Waals surface area (Å²) in [5.41, 5.74) is 0. The van der Waals surface area contributed by atoms with Crippen LogP contribution in [0.5, 0.6) is 0 Å². The normalized spacial score (nSPS) is 17.9. The molecule has 0 aliphatic heterocycles. The summed E-state index contributed by atoms with van der Waals surface area (Å²) >= 11 is 0. The lowest BCUT2D eigenvalue weighted by Crippen LogP contribution is -2.12. The lowest BCUT2D eigenvalue weighted by molar-refractivity contribution is -0.277. The lowest BCUT2D eigenvalue weighted by atomic mass is 10.6. The van der Waals surface area contributed by atoms with E-state index in [-0.39, 0.29) is 6.42 Å². The number of halogens is 3. The topological polar surface area (TPSA) is 46.5 Å². The second-order valence-electron chi connectivity index (χ2n) is 1.90. The highest BCUT2D eigenvalue weighted by atomic mass is 31.2. The zero-order valence-corrected chi connectivity index (χ0v) is 6.65. The molecule has 0 aliphatic rings. The molecule has 11 heavy (non-hydrogen) atoms. The quantitative estimate of drug-likeness (QED) is 0.696. The van der Waals surface area contributed by atoms with Crippen molar-refractivity contribution in [3.63, 3.8) is 0 Å². The third-order valence-electron chi connectivity index (χ3n) is 0.752. The lowest BCUT2D eigenvalue weighted by Gasteiger charge is -2.12. The molecule has 0 fully saturated rings. The Bertz CT molecular complexity index is 166. The average Bonchev–Trinajstić information content (AvgIpc) is 1.55. The minimum atomic E-state index is -5.03. The average molecular weight is 192 g/mol. The van der Waals surface area contributed by atoms with Gasteiger partial charge in [-0.15, -0.1) is 13.2 Å². The fraction of sp³-hybridized carbons (Fsp3) is 1.00. The van der Waals surface area contributed by atoms with E-state index in [1.807, 2.05) is 0 Å². The Kier molecular flexibility index (Phi) is 3.54. The predicted molar refractivity (Wildman–Crippen MR) is 32.1 cm³/mol. The van der Waals surface area contributed by atoms with Crippen molar-refractivity contribution in [2.45, 2.75) is 19.7 Å². The number of alkyl halides is 3. The smallest absolute Gasteiger partial charge is 0.324 e. The van der Waals surface area contributed by atoms with Crippen molar-refractivity contribution in [3.8, 4) is 0 Å². The van der Waals surface area contributed by atoms with Gasteiger partial charge in [0.05, 0.1) is 0 Å². The standard InChI is InChI=1S/C4H8F3O3P/c1-2-3-11(8,9)10-4(5,6)7/h2-3H2,1H3,(H,8,9). The van der Waals surface area contributed by atoms with Crippen LogP contribution >= 0.6 is 7.60 Å². The van der Waals surface area contributed by atoms with E-state index in [0.29, 0.717) is 0 Å². The Morgan fingerprint density at radius 2 is 2.00 bits per heavy atom. The van der Waals surface area contributed by atoms with E-state index in [4.69, 9.17) is 4.89 Å². The number of rotatable bonds is 3. The molecule has 68 valence electrons. The molecule has 1 unspecified atom stereocenters. The molecule has 0 heterocycles. The minimum Gasteiger partial charge on any atom is -0.324 e. The summed E-state index contributed by atoms with van der Waals surface area (Å²) in [5, 5.41) is 0. The zero-order chi connectivity index (χ0) is 9.12. The summed E-state index contributed by atoms with van der Waals surface area (Å²) in [6.07, 6.45) is -5.34. The van der Waals surface area contributed by atoms with Gasteiger partial charge in [-0.05, 0) is 6.42 Å². The fourth-order valence-corrected chi connectivity index (χ4v) is 1.47. The highest BCUT2D eigenvalue weighted by Gasteiger charge is 2.38. The van der Waals surface area contributed by atoms with Crippen molar-refractivity contribution in [2.75, 3.05) is 6.16 Å². The van der Waals surface area contributed by atoms with Crippen LogP contribution in [-0.2, 0) is 9.09 Å². The third-order valence-corrected chi connectivity index (χ3v) is 2.26. The molecular weight excluding hydrogens is 184 g/mol. The molecular formula is C4H8F3O3P. The first kappa shape index (κ1) is 10.9. The third kappa shape index (κ3) is 6.34. The maximum absolute atomic E-state index is 11.3. The molecule has 0 aromatic rings. The van der Waals surface area contributed by atoms with Crippen molar-refractivity contribution in [3.05, 3.63) is 0 Å². The van der Waals surface area contributed by atoms with E-state index >= 15 is 0 Å². The van der Waals surface area contributed by atoms with Gasteiger partial charge in [0.2, 0.25) is 0 Å². The van der Waals surface area contributed by atoms with Gasteiger partial charge in [-0.25, -0.2) is 4.52 Å². The summed E-state index contributed by atoms with van der Waals surface area (Å²) in [6, 6.07) is 0. The molecule has 1 atom stereocenters. The van der Waals surface area contributed by atoms with Crippen LogP contribution in [0.4, 0.5) is 13.2 Å². The highest BCUT2D eigenvalue weighted by Crippen LogP contribution is 2.47. The van der Waals surface area contributed by atoms with Crippen LogP contribution in [0.1, 0.15) is 13.3 Å². The summed E-state index contributed by atoms with van der Waals surface area (Å²) in [6.45, 7) is 1.49. The van der Waals surface area contributed by atoms with Gasteiger partial charge in [0.1, 0.15) is 0 Å². The molecule has 0 amide bonds. The van der Waals surface area contributed by atoms with Crippen molar-refractivity contribution in [1.82, 2.24) is 0 Å². The van der Waals surface area contributed by atoms with Crippen LogP contribution in [0.25, 0.3) is 0 Å². The molecule has 0 aromatic heterocycles. The Hall–Kier alpha value is -0.0600. The molecule has 0 spiro atoms. The minimum absolute atomic E-state index is 0.170. The Balaban J connectivity index is 4.03. The summed E-state index contributed by atoms with van der Waals surface area (Å²) < 4.78 is 47.4. The monoisotopic (exact) mass is 192 g/mol. The molecule has 0 aromatic carbocycles. The molecule has 0 bridgehead atoms. The first-order chi connectivity index (χ1) is 4.77. The van der Waals surface area contributed by atoms with Crippen molar-refractivity contribution < 1.29 is 27.2 Å². The first-order valence-electron chi connectivity index (χ1n) is 2.86. The van der Waals surface area contributed by atoms with Crippen molar-refractivity contribution in [2.24, 2.45) is 0 Å². The molecule has 7 heteroatoms. The molecule has 0 radical (unpaired) electrons. The summed E-state index contributed by atoms with van der Waals surface area (Å²) in [5.74, 6) is 0. The zero-order valence-electron chi connectivity index (χ0n) is 5.76. The largest absolute Gasteiger partial charge is 0.529 e. The van der Waals surface area contributed by atoms with Crippen LogP contribution < -0.4 is 0 Å². The van der Waals surface area contributed by atoms with E-state index in [9.17, 15) is 17.7 Å². The van der Waals surface area contributed by atoms with E-state index in [0.717, 1.165) is 0 Å². The first-order valence-corrected chi connectivity index (χ1v) is 4.62. The molecule has 1 N–H and O–H groups in total. The molecule has 0 rings (SSSR count). The summed E-state index contributed by atoms with van der Waals surface area (Å²) in [7, 11) is -4.44. The van der Waals surface area contributed by atoms with Crippen LogP contribution in [0.15, 0.2) is 0 Å². The SMILES string of the molecule is CCCP(=O)(O)OC(F)(F)F. The van der Waals surface area contributed by atoms with Crippen molar-refractivity contribution in [1.29, 1.82) is 0 Å². The van der Waals surface area contributed by atoms with E-state index < -0.39 is 20.1 Å². The second kappa shape index (κ2) is 3.56. The van der Waals surface area contributed by atoms with Gasteiger partial charge < -0.3 is 4.89 Å². The molecule has 3 nitrogen and oxygen atoms in total. The van der Waals surface area contributed by atoms with Crippen LogP contribution in [0, 0.1) is 0 Å².